The molecule has 0 bridgehead atoms. The average Bonchev–Trinajstić information content (AvgIpc) is 2.58. The summed E-state index contributed by atoms with van der Waals surface area (Å²) < 4.78 is 20.2. The number of halogens is 1. The van der Waals surface area contributed by atoms with Crippen LogP contribution in [0.5, 0.6) is 5.75 Å². The van der Waals surface area contributed by atoms with Crippen LogP contribution in [0.1, 0.15) is 35.6 Å². The fourth-order valence-electron chi connectivity index (χ4n) is 3.32. The van der Waals surface area contributed by atoms with Crippen molar-refractivity contribution in [2.24, 2.45) is 5.92 Å². The topological polar surface area (TPSA) is 21.3 Å². The second kappa shape index (κ2) is 7.14. The molecule has 1 aliphatic heterocycles. The molecule has 0 amide bonds. The van der Waals surface area contributed by atoms with Crippen molar-refractivity contribution in [1.29, 1.82) is 0 Å². The lowest BCUT2D eigenvalue weighted by molar-refractivity contribution is 0.111. The van der Waals surface area contributed by atoms with Gasteiger partial charge in [-0.15, -0.1) is 0 Å². The molecule has 2 nitrogen and oxygen atoms in total. The first-order chi connectivity index (χ1) is 11.2. The highest BCUT2D eigenvalue weighted by Gasteiger charge is 2.28. The molecule has 0 spiro atoms. The third-order valence-corrected chi connectivity index (χ3v) is 4.78. The van der Waals surface area contributed by atoms with Crippen LogP contribution in [0, 0.1) is 25.6 Å². The van der Waals surface area contributed by atoms with Gasteiger partial charge in [-0.05, 0) is 63.0 Å². The number of nitrogens with one attached hydrogen (secondary N) is 1. The Bertz CT molecular complexity index is 664. The minimum absolute atomic E-state index is 0.0289. The van der Waals surface area contributed by atoms with Crippen molar-refractivity contribution in [3.63, 3.8) is 0 Å². The van der Waals surface area contributed by atoms with Gasteiger partial charge in [0.05, 0.1) is 0 Å². The molecule has 0 radical (unpaired) electrons. The third kappa shape index (κ3) is 3.56. The molecule has 122 valence electrons. The quantitative estimate of drug-likeness (QED) is 0.893. The van der Waals surface area contributed by atoms with Crippen LogP contribution in [0.3, 0.4) is 0 Å². The molecule has 1 unspecified atom stereocenters. The number of benzene rings is 2. The van der Waals surface area contributed by atoms with E-state index in [0.717, 1.165) is 25.9 Å². The maximum absolute atomic E-state index is 13.9. The lowest BCUT2D eigenvalue weighted by Gasteiger charge is -2.32. The molecular weight excluding hydrogens is 289 g/mol. The maximum atomic E-state index is 13.9. The van der Waals surface area contributed by atoms with Gasteiger partial charge in [-0.3, -0.25) is 0 Å². The van der Waals surface area contributed by atoms with Crippen molar-refractivity contribution in [3.05, 3.63) is 65.0 Å². The van der Waals surface area contributed by atoms with Gasteiger partial charge >= 0.3 is 0 Å². The average molecular weight is 313 g/mol. The van der Waals surface area contributed by atoms with E-state index in [1.807, 2.05) is 12.1 Å². The molecule has 23 heavy (non-hydrogen) atoms. The lowest BCUT2D eigenvalue weighted by Crippen LogP contribution is -2.33. The van der Waals surface area contributed by atoms with Crippen molar-refractivity contribution in [2.45, 2.75) is 32.8 Å². The zero-order valence-corrected chi connectivity index (χ0v) is 13.8. The summed E-state index contributed by atoms with van der Waals surface area (Å²) in [6, 6.07) is 13.4. The van der Waals surface area contributed by atoms with E-state index in [9.17, 15) is 4.39 Å². The van der Waals surface area contributed by atoms with Crippen LogP contribution in [0.25, 0.3) is 0 Å². The summed E-state index contributed by atoms with van der Waals surface area (Å²) in [5.41, 5.74) is 3.02. The molecule has 3 heteroatoms. The second-order valence-electron chi connectivity index (χ2n) is 6.35. The normalized spacial score (nSPS) is 17.0. The van der Waals surface area contributed by atoms with Gasteiger partial charge in [0.1, 0.15) is 17.7 Å². The molecule has 1 aliphatic rings. The van der Waals surface area contributed by atoms with E-state index in [4.69, 9.17) is 4.74 Å². The molecule has 3 rings (SSSR count). The number of hydrogen-bond donors (Lipinski definition) is 1. The van der Waals surface area contributed by atoms with Crippen LogP contribution in [-0.4, -0.2) is 13.1 Å². The Hall–Kier alpha value is -1.87. The molecule has 0 aromatic heterocycles. The number of piperidine rings is 1. The Balaban J connectivity index is 1.95. The fourth-order valence-corrected chi connectivity index (χ4v) is 3.32. The monoisotopic (exact) mass is 313 g/mol. The minimum atomic E-state index is -0.212. The van der Waals surface area contributed by atoms with Crippen LogP contribution in [0.15, 0.2) is 42.5 Å². The van der Waals surface area contributed by atoms with E-state index in [-0.39, 0.29) is 11.9 Å². The predicted molar refractivity (Wildman–Crippen MR) is 91.3 cm³/mol. The van der Waals surface area contributed by atoms with E-state index >= 15 is 0 Å². The first-order valence-electron chi connectivity index (χ1n) is 8.35. The van der Waals surface area contributed by atoms with Gasteiger partial charge in [0.15, 0.2) is 0 Å². The zero-order valence-electron chi connectivity index (χ0n) is 13.8. The highest BCUT2D eigenvalue weighted by molar-refractivity contribution is 5.35. The Morgan fingerprint density at radius 3 is 2.52 bits per heavy atom. The van der Waals surface area contributed by atoms with E-state index in [1.54, 1.807) is 13.0 Å². The van der Waals surface area contributed by atoms with Crippen LogP contribution in [-0.2, 0) is 0 Å². The standard InChI is InChI=1S/C20H24FNO/c1-14-6-3-4-7-17(14)20(16-10-12-22-13-11-16)23-19-9-5-8-18(21)15(19)2/h3-9,16,20,22H,10-13H2,1-2H3. The van der Waals surface area contributed by atoms with Crippen molar-refractivity contribution in [2.75, 3.05) is 13.1 Å². The second-order valence-corrected chi connectivity index (χ2v) is 6.35. The van der Waals surface area contributed by atoms with E-state index < -0.39 is 0 Å². The first-order valence-corrected chi connectivity index (χ1v) is 8.35. The largest absolute Gasteiger partial charge is 0.485 e. The molecule has 1 saturated heterocycles. The summed E-state index contributed by atoms with van der Waals surface area (Å²) >= 11 is 0. The summed E-state index contributed by atoms with van der Waals surface area (Å²) in [4.78, 5) is 0. The molecule has 2 aromatic rings. The van der Waals surface area contributed by atoms with Crippen molar-refractivity contribution < 1.29 is 9.13 Å². The number of rotatable bonds is 4. The van der Waals surface area contributed by atoms with Crippen LogP contribution in [0.4, 0.5) is 4.39 Å². The summed E-state index contributed by atoms with van der Waals surface area (Å²) in [6.07, 6.45) is 2.12. The summed E-state index contributed by atoms with van der Waals surface area (Å²) in [6.45, 7) is 5.92. The van der Waals surface area contributed by atoms with Gasteiger partial charge in [-0.25, -0.2) is 4.39 Å². The van der Waals surface area contributed by atoms with Crippen molar-refractivity contribution in [1.82, 2.24) is 5.32 Å². The van der Waals surface area contributed by atoms with E-state index in [2.05, 4.69) is 30.4 Å². The molecule has 0 saturated carbocycles. The smallest absolute Gasteiger partial charge is 0.129 e. The highest BCUT2D eigenvalue weighted by Crippen LogP contribution is 2.36. The number of aryl methyl sites for hydroxylation is 1. The van der Waals surface area contributed by atoms with Gasteiger partial charge < -0.3 is 10.1 Å². The predicted octanol–water partition coefficient (Wildman–Crippen LogP) is 4.56. The molecular formula is C20H24FNO. The van der Waals surface area contributed by atoms with Crippen molar-refractivity contribution >= 4 is 0 Å². The first kappa shape index (κ1) is 16.0. The minimum Gasteiger partial charge on any atom is -0.485 e. The number of hydrogen-bond acceptors (Lipinski definition) is 2. The lowest BCUT2D eigenvalue weighted by atomic mass is 9.86. The third-order valence-electron chi connectivity index (χ3n) is 4.78. The summed E-state index contributed by atoms with van der Waals surface area (Å²) in [5, 5.41) is 3.40. The molecule has 1 N–H and O–H groups in total. The van der Waals surface area contributed by atoms with Gasteiger partial charge in [0.25, 0.3) is 0 Å². The van der Waals surface area contributed by atoms with Crippen LogP contribution >= 0.6 is 0 Å². The fraction of sp³-hybridized carbons (Fsp3) is 0.400. The highest BCUT2D eigenvalue weighted by atomic mass is 19.1. The van der Waals surface area contributed by atoms with E-state index in [0.29, 0.717) is 17.2 Å². The van der Waals surface area contributed by atoms with Crippen molar-refractivity contribution in [3.8, 4) is 5.75 Å². The van der Waals surface area contributed by atoms with Gasteiger partial charge in [-0.1, -0.05) is 30.3 Å². The summed E-state index contributed by atoms with van der Waals surface area (Å²) in [5.74, 6) is 0.883. The van der Waals surface area contributed by atoms with Gasteiger partial charge in [0, 0.05) is 11.5 Å². The molecule has 0 aliphatic carbocycles. The zero-order chi connectivity index (χ0) is 16.2. The van der Waals surface area contributed by atoms with E-state index in [1.165, 1.54) is 17.2 Å². The Morgan fingerprint density at radius 1 is 1.04 bits per heavy atom. The Morgan fingerprint density at radius 2 is 1.78 bits per heavy atom. The molecule has 1 heterocycles. The van der Waals surface area contributed by atoms with Crippen LogP contribution in [0.2, 0.25) is 0 Å². The molecule has 1 atom stereocenters. The number of ether oxygens (including phenoxy) is 1. The van der Waals surface area contributed by atoms with Gasteiger partial charge in [0.2, 0.25) is 0 Å². The SMILES string of the molecule is Cc1ccccc1C(Oc1cccc(F)c1C)C1CCNCC1. The molecule has 2 aromatic carbocycles. The Kier molecular flexibility index (Phi) is 4.97. The Labute approximate surface area is 137 Å². The molecule has 1 fully saturated rings. The maximum Gasteiger partial charge on any atom is 0.129 e. The summed E-state index contributed by atoms with van der Waals surface area (Å²) in [7, 11) is 0. The van der Waals surface area contributed by atoms with Gasteiger partial charge in [-0.2, -0.15) is 0 Å². The van der Waals surface area contributed by atoms with Crippen LogP contribution < -0.4 is 10.1 Å².